The van der Waals surface area contributed by atoms with E-state index in [4.69, 9.17) is 4.52 Å². The highest BCUT2D eigenvalue weighted by molar-refractivity contribution is 5.24. The number of nitrogens with one attached hydrogen (secondary N) is 1. The van der Waals surface area contributed by atoms with Crippen LogP contribution in [-0.2, 0) is 12.8 Å². The number of aromatic nitrogens is 2. The first-order chi connectivity index (χ1) is 9.29. The lowest BCUT2D eigenvalue weighted by Crippen LogP contribution is -2.21. The van der Waals surface area contributed by atoms with E-state index in [0.717, 1.165) is 25.2 Å². The summed E-state index contributed by atoms with van der Waals surface area (Å²) in [6.45, 7) is 5.22. The first-order valence-electron chi connectivity index (χ1n) is 6.87. The Morgan fingerprint density at radius 3 is 2.63 bits per heavy atom. The lowest BCUT2D eigenvalue weighted by Gasteiger charge is -2.14. The van der Waals surface area contributed by atoms with Gasteiger partial charge in [-0.3, -0.25) is 0 Å². The molecule has 1 aromatic carbocycles. The summed E-state index contributed by atoms with van der Waals surface area (Å²) in [5.74, 6) is 0.748. The molecule has 1 N–H and O–H groups in total. The lowest BCUT2D eigenvalue weighted by molar-refractivity contribution is 0.408. The second-order valence-corrected chi connectivity index (χ2v) is 4.76. The molecule has 0 saturated carbocycles. The molecule has 0 aliphatic carbocycles. The Morgan fingerprint density at radius 1 is 1.21 bits per heavy atom. The predicted molar refractivity (Wildman–Crippen MR) is 74.9 cm³/mol. The van der Waals surface area contributed by atoms with E-state index in [9.17, 15) is 0 Å². The van der Waals surface area contributed by atoms with Crippen LogP contribution in [0, 0.1) is 0 Å². The van der Waals surface area contributed by atoms with Gasteiger partial charge in [-0.1, -0.05) is 42.8 Å². The highest BCUT2D eigenvalue weighted by Crippen LogP contribution is 2.14. The Kier molecular flexibility index (Phi) is 5.10. The summed E-state index contributed by atoms with van der Waals surface area (Å²) in [7, 11) is 0. The fraction of sp³-hybridized carbons (Fsp3) is 0.467. The van der Waals surface area contributed by atoms with Crippen LogP contribution in [0.3, 0.4) is 0 Å². The molecule has 2 rings (SSSR count). The van der Waals surface area contributed by atoms with Crippen molar-refractivity contribution in [3.63, 3.8) is 0 Å². The lowest BCUT2D eigenvalue weighted by atomic mass is 10.0. The van der Waals surface area contributed by atoms with Gasteiger partial charge in [0.15, 0.2) is 5.82 Å². The largest absolute Gasteiger partial charge is 0.343 e. The van der Waals surface area contributed by atoms with E-state index >= 15 is 0 Å². The van der Waals surface area contributed by atoms with Crippen LogP contribution in [-0.4, -0.2) is 16.7 Å². The normalized spacial score (nSPS) is 12.5. The fourth-order valence-corrected chi connectivity index (χ4v) is 2.08. The van der Waals surface area contributed by atoms with Crippen LogP contribution in [0.1, 0.15) is 43.3 Å². The van der Waals surface area contributed by atoms with Gasteiger partial charge in [0.05, 0.1) is 0 Å². The molecule has 1 aromatic heterocycles. The molecule has 1 atom stereocenters. The quantitative estimate of drug-likeness (QED) is 0.830. The molecule has 0 bridgehead atoms. The molecule has 102 valence electrons. The van der Waals surface area contributed by atoms with Crippen molar-refractivity contribution in [2.45, 2.75) is 39.2 Å². The minimum absolute atomic E-state index is 0.336. The van der Waals surface area contributed by atoms with Gasteiger partial charge in [-0.05, 0) is 24.5 Å². The van der Waals surface area contributed by atoms with E-state index in [0.29, 0.717) is 6.04 Å². The maximum atomic E-state index is 4.70. The maximum absolute atomic E-state index is 4.70. The van der Waals surface area contributed by atoms with Gasteiger partial charge in [0.2, 0.25) is 6.39 Å². The molecule has 1 heterocycles. The predicted octanol–water partition coefficient (Wildman–Crippen LogP) is 2.92. The third-order valence-corrected chi connectivity index (χ3v) is 3.22. The van der Waals surface area contributed by atoms with E-state index in [1.165, 1.54) is 23.9 Å². The highest BCUT2D eigenvalue weighted by Gasteiger charge is 2.05. The van der Waals surface area contributed by atoms with Gasteiger partial charge in [0.25, 0.3) is 0 Å². The summed E-state index contributed by atoms with van der Waals surface area (Å²) >= 11 is 0. The van der Waals surface area contributed by atoms with E-state index in [-0.39, 0.29) is 0 Å². The van der Waals surface area contributed by atoms with Crippen molar-refractivity contribution in [2.75, 3.05) is 6.54 Å². The Morgan fingerprint density at radius 2 is 2.00 bits per heavy atom. The Labute approximate surface area is 114 Å². The van der Waals surface area contributed by atoms with Gasteiger partial charge in [-0.2, -0.15) is 4.98 Å². The van der Waals surface area contributed by atoms with Gasteiger partial charge < -0.3 is 9.84 Å². The summed E-state index contributed by atoms with van der Waals surface area (Å²) in [6.07, 6.45) is 4.50. The number of rotatable bonds is 7. The van der Waals surface area contributed by atoms with E-state index < -0.39 is 0 Å². The summed E-state index contributed by atoms with van der Waals surface area (Å²) in [6, 6.07) is 9.18. The summed E-state index contributed by atoms with van der Waals surface area (Å²) < 4.78 is 4.70. The van der Waals surface area contributed by atoms with Crippen molar-refractivity contribution >= 4 is 0 Å². The third kappa shape index (κ3) is 4.17. The summed E-state index contributed by atoms with van der Waals surface area (Å²) in [5, 5.41) is 7.26. The van der Waals surface area contributed by atoms with Crippen molar-refractivity contribution in [2.24, 2.45) is 0 Å². The first kappa shape index (κ1) is 13.7. The molecule has 0 saturated heterocycles. The average Bonchev–Trinajstić information content (AvgIpc) is 2.93. The molecular weight excluding hydrogens is 238 g/mol. The monoisotopic (exact) mass is 259 g/mol. The highest BCUT2D eigenvalue weighted by atomic mass is 16.5. The molecular formula is C15H21N3O. The molecule has 4 heteroatoms. The van der Waals surface area contributed by atoms with Gasteiger partial charge in [0.1, 0.15) is 0 Å². The SMILES string of the molecule is CCCc1ccc(C(C)NCCc2ncon2)cc1. The van der Waals surface area contributed by atoms with E-state index in [1.807, 2.05) is 0 Å². The van der Waals surface area contributed by atoms with Crippen molar-refractivity contribution < 1.29 is 4.52 Å². The maximum Gasteiger partial charge on any atom is 0.213 e. The van der Waals surface area contributed by atoms with Crippen LogP contribution in [0.2, 0.25) is 0 Å². The minimum atomic E-state index is 0.336. The molecule has 0 amide bonds. The molecule has 2 aromatic rings. The van der Waals surface area contributed by atoms with Crippen LogP contribution in [0.4, 0.5) is 0 Å². The number of aryl methyl sites for hydroxylation is 1. The molecule has 0 radical (unpaired) electrons. The van der Waals surface area contributed by atoms with Gasteiger partial charge in [-0.15, -0.1) is 0 Å². The molecule has 0 aliphatic heterocycles. The second kappa shape index (κ2) is 7.04. The number of benzene rings is 1. The zero-order valence-electron chi connectivity index (χ0n) is 11.6. The second-order valence-electron chi connectivity index (χ2n) is 4.76. The van der Waals surface area contributed by atoms with Crippen LogP contribution in [0.25, 0.3) is 0 Å². The molecule has 0 spiro atoms. The zero-order valence-corrected chi connectivity index (χ0v) is 11.6. The van der Waals surface area contributed by atoms with Crippen LogP contribution in [0.15, 0.2) is 35.2 Å². The molecule has 4 nitrogen and oxygen atoms in total. The van der Waals surface area contributed by atoms with Gasteiger partial charge in [-0.25, -0.2) is 0 Å². The first-order valence-corrected chi connectivity index (χ1v) is 6.87. The van der Waals surface area contributed by atoms with Gasteiger partial charge >= 0.3 is 0 Å². The van der Waals surface area contributed by atoms with Crippen LogP contribution >= 0.6 is 0 Å². The summed E-state index contributed by atoms with van der Waals surface area (Å²) in [5.41, 5.74) is 2.72. The van der Waals surface area contributed by atoms with Crippen molar-refractivity contribution in [1.29, 1.82) is 0 Å². The molecule has 1 unspecified atom stereocenters. The molecule has 19 heavy (non-hydrogen) atoms. The van der Waals surface area contributed by atoms with E-state index in [2.05, 4.69) is 53.6 Å². The average molecular weight is 259 g/mol. The van der Waals surface area contributed by atoms with Crippen LogP contribution < -0.4 is 5.32 Å². The van der Waals surface area contributed by atoms with Crippen molar-refractivity contribution in [1.82, 2.24) is 15.5 Å². The Bertz CT molecular complexity index is 465. The van der Waals surface area contributed by atoms with Crippen molar-refractivity contribution in [3.8, 4) is 0 Å². The molecule has 0 fully saturated rings. The zero-order chi connectivity index (χ0) is 13.5. The summed E-state index contributed by atoms with van der Waals surface area (Å²) in [4.78, 5) is 4.00. The van der Waals surface area contributed by atoms with Gasteiger partial charge in [0, 0.05) is 19.0 Å². The van der Waals surface area contributed by atoms with Crippen molar-refractivity contribution in [3.05, 3.63) is 47.6 Å². The number of hydrogen-bond acceptors (Lipinski definition) is 4. The number of nitrogens with zero attached hydrogens (tertiary/aromatic N) is 2. The fourth-order valence-electron chi connectivity index (χ4n) is 2.08. The molecule has 0 aliphatic rings. The number of hydrogen-bond donors (Lipinski definition) is 1. The Balaban J connectivity index is 1.80. The Hall–Kier alpha value is -1.68. The van der Waals surface area contributed by atoms with E-state index in [1.54, 1.807) is 0 Å². The topological polar surface area (TPSA) is 51.0 Å². The van der Waals surface area contributed by atoms with Crippen LogP contribution in [0.5, 0.6) is 0 Å². The standard InChI is InChI=1S/C15H21N3O/c1-3-4-13-5-7-14(8-6-13)12(2)16-10-9-15-17-11-19-18-15/h5-8,11-12,16H,3-4,9-10H2,1-2H3. The minimum Gasteiger partial charge on any atom is -0.343 e. The third-order valence-electron chi connectivity index (χ3n) is 3.22. The smallest absolute Gasteiger partial charge is 0.213 e.